The summed E-state index contributed by atoms with van der Waals surface area (Å²) in [7, 11) is 0. The number of hydrogen-bond acceptors (Lipinski definition) is 2. The Hall–Kier alpha value is -1.64. The van der Waals surface area contributed by atoms with Crippen LogP contribution in [0.15, 0.2) is 35.3 Å². The van der Waals surface area contributed by atoms with E-state index >= 15 is 0 Å². The largest absolute Gasteiger partial charge is 0.305 e. The number of benzene rings is 1. The van der Waals surface area contributed by atoms with Crippen molar-refractivity contribution in [3.05, 3.63) is 40.8 Å². The van der Waals surface area contributed by atoms with Gasteiger partial charge >= 0.3 is 0 Å². The number of aromatic nitrogens is 2. The van der Waals surface area contributed by atoms with Gasteiger partial charge in [-0.1, -0.05) is 19.1 Å². The molecule has 0 bridgehead atoms. The first kappa shape index (κ1) is 8.94. The second kappa shape index (κ2) is 3.62. The van der Waals surface area contributed by atoms with E-state index in [9.17, 15) is 4.79 Å². The monoisotopic (exact) mass is 188 g/mol. The predicted octanol–water partition coefficient (Wildman–Crippen LogP) is 1.81. The Morgan fingerprint density at radius 2 is 2.14 bits per heavy atom. The third-order valence-electron chi connectivity index (χ3n) is 2.20. The van der Waals surface area contributed by atoms with Gasteiger partial charge in [-0.15, -0.1) is 0 Å². The van der Waals surface area contributed by atoms with Gasteiger partial charge in [0.1, 0.15) is 0 Å². The summed E-state index contributed by atoms with van der Waals surface area (Å²) < 4.78 is 1.77. The number of aryl methyl sites for hydroxylation is 1. The Balaban J connectivity index is 2.76. The van der Waals surface area contributed by atoms with Crippen molar-refractivity contribution in [1.29, 1.82) is 0 Å². The van der Waals surface area contributed by atoms with Crippen LogP contribution in [0.5, 0.6) is 0 Å². The van der Waals surface area contributed by atoms with Crippen molar-refractivity contribution in [3.8, 4) is 0 Å². The van der Waals surface area contributed by atoms with Gasteiger partial charge in [0.05, 0.1) is 17.2 Å². The van der Waals surface area contributed by atoms with E-state index in [1.54, 1.807) is 4.57 Å². The highest BCUT2D eigenvalue weighted by Crippen LogP contribution is 2.08. The van der Waals surface area contributed by atoms with Crippen LogP contribution in [-0.4, -0.2) is 9.55 Å². The molecule has 3 nitrogen and oxygen atoms in total. The van der Waals surface area contributed by atoms with Crippen LogP contribution < -0.4 is 5.56 Å². The normalized spacial score (nSPS) is 10.6. The number of fused-ring (bicyclic) bond motifs is 1. The number of para-hydroxylation sites is 2. The molecular weight excluding hydrogens is 176 g/mol. The fourth-order valence-electron chi connectivity index (χ4n) is 1.57. The van der Waals surface area contributed by atoms with Crippen LogP contribution in [-0.2, 0) is 6.54 Å². The summed E-state index contributed by atoms with van der Waals surface area (Å²) >= 11 is 0. The smallest absolute Gasteiger partial charge is 0.269 e. The molecular formula is C11H12N2O. The van der Waals surface area contributed by atoms with E-state index in [1.165, 1.54) is 6.20 Å². The fourth-order valence-corrected chi connectivity index (χ4v) is 1.57. The van der Waals surface area contributed by atoms with E-state index in [2.05, 4.69) is 11.9 Å². The highest BCUT2D eigenvalue weighted by Gasteiger charge is 2.01. The Morgan fingerprint density at radius 1 is 1.36 bits per heavy atom. The van der Waals surface area contributed by atoms with Crippen molar-refractivity contribution < 1.29 is 0 Å². The summed E-state index contributed by atoms with van der Waals surface area (Å²) in [6.07, 6.45) is 2.34. The maximum atomic E-state index is 11.5. The minimum atomic E-state index is -0.0226. The van der Waals surface area contributed by atoms with Gasteiger partial charge in [-0.05, 0) is 18.6 Å². The Bertz CT molecular complexity index is 502. The van der Waals surface area contributed by atoms with E-state index in [-0.39, 0.29) is 5.56 Å². The maximum absolute atomic E-state index is 11.5. The molecule has 0 aliphatic carbocycles. The quantitative estimate of drug-likeness (QED) is 0.720. The highest BCUT2D eigenvalue weighted by molar-refractivity contribution is 5.74. The Kier molecular flexibility index (Phi) is 2.31. The molecule has 2 rings (SSSR count). The summed E-state index contributed by atoms with van der Waals surface area (Å²) in [6.45, 7) is 2.81. The van der Waals surface area contributed by atoms with E-state index in [0.717, 1.165) is 24.0 Å². The Labute approximate surface area is 82.0 Å². The molecule has 0 aliphatic heterocycles. The van der Waals surface area contributed by atoms with Gasteiger partial charge in [0, 0.05) is 6.54 Å². The van der Waals surface area contributed by atoms with Crippen molar-refractivity contribution >= 4 is 11.0 Å². The van der Waals surface area contributed by atoms with Crippen LogP contribution in [0, 0.1) is 0 Å². The van der Waals surface area contributed by atoms with Crippen molar-refractivity contribution in [3.63, 3.8) is 0 Å². The Morgan fingerprint density at radius 3 is 2.93 bits per heavy atom. The first-order valence-corrected chi connectivity index (χ1v) is 4.77. The van der Waals surface area contributed by atoms with Crippen LogP contribution in [0.3, 0.4) is 0 Å². The molecule has 0 amide bonds. The van der Waals surface area contributed by atoms with Crippen LogP contribution in [0.1, 0.15) is 13.3 Å². The van der Waals surface area contributed by atoms with E-state index in [1.807, 2.05) is 24.3 Å². The van der Waals surface area contributed by atoms with Crippen LogP contribution >= 0.6 is 0 Å². The molecule has 1 aromatic heterocycles. The van der Waals surface area contributed by atoms with Gasteiger partial charge in [0.25, 0.3) is 5.56 Å². The minimum absolute atomic E-state index is 0.0226. The first-order valence-electron chi connectivity index (χ1n) is 4.77. The second-order valence-corrected chi connectivity index (χ2v) is 3.24. The van der Waals surface area contributed by atoms with Crippen LogP contribution in [0.4, 0.5) is 0 Å². The average Bonchev–Trinajstić information content (AvgIpc) is 2.23. The van der Waals surface area contributed by atoms with Crippen LogP contribution in [0.25, 0.3) is 11.0 Å². The molecule has 14 heavy (non-hydrogen) atoms. The van der Waals surface area contributed by atoms with Gasteiger partial charge in [0.2, 0.25) is 0 Å². The van der Waals surface area contributed by atoms with E-state index in [0.29, 0.717) is 0 Å². The molecule has 72 valence electrons. The van der Waals surface area contributed by atoms with Crippen molar-refractivity contribution in [1.82, 2.24) is 9.55 Å². The molecule has 0 fully saturated rings. The first-order chi connectivity index (χ1) is 6.83. The summed E-state index contributed by atoms with van der Waals surface area (Å²) in [5.74, 6) is 0. The summed E-state index contributed by atoms with van der Waals surface area (Å²) in [6, 6.07) is 7.70. The zero-order chi connectivity index (χ0) is 9.97. The van der Waals surface area contributed by atoms with Crippen LogP contribution in [0.2, 0.25) is 0 Å². The topological polar surface area (TPSA) is 34.9 Å². The average molecular weight is 188 g/mol. The number of nitrogens with zero attached hydrogens (tertiary/aromatic N) is 2. The van der Waals surface area contributed by atoms with E-state index in [4.69, 9.17) is 0 Å². The molecule has 0 aliphatic rings. The molecule has 2 aromatic rings. The molecule has 3 heteroatoms. The van der Waals surface area contributed by atoms with Gasteiger partial charge in [-0.25, -0.2) is 4.98 Å². The van der Waals surface area contributed by atoms with Crippen molar-refractivity contribution in [2.24, 2.45) is 0 Å². The molecule has 0 saturated heterocycles. The number of rotatable bonds is 2. The van der Waals surface area contributed by atoms with Gasteiger partial charge in [-0.2, -0.15) is 0 Å². The lowest BCUT2D eigenvalue weighted by Crippen LogP contribution is -2.20. The molecule has 0 unspecified atom stereocenters. The van der Waals surface area contributed by atoms with Crippen molar-refractivity contribution in [2.75, 3.05) is 0 Å². The minimum Gasteiger partial charge on any atom is -0.305 e. The molecule has 0 spiro atoms. The predicted molar refractivity (Wildman–Crippen MR) is 56.3 cm³/mol. The zero-order valence-electron chi connectivity index (χ0n) is 8.10. The molecule has 0 N–H and O–H groups in total. The highest BCUT2D eigenvalue weighted by atomic mass is 16.1. The van der Waals surface area contributed by atoms with Crippen molar-refractivity contribution in [2.45, 2.75) is 19.9 Å². The maximum Gasteiger partial charge on any atom is 0.269 e. The standard InChI is InChI=1S/C11H12N2O/c1-2-7-13-10-6-4-3-5-9(10)12-8-11(13)14/h3-6,8H,2,7H2,1H3. The molecule has 0 atom stereocenters. The lowest BCUT2D eigenvalue weighted by molar-refractivity contribution is 0.674. The second-order valence-electron chi connectivity index (χ2n) is 3.24. The fraction of sp³-hybridized carbons (Fsp3) is 0.273. The molecule has 0 saturated carbocycles. The molecule has 0 radical (unpaired) electrons. The van der Waals surface area contributed by atoms with E-state index < -0.39 is 0 Å². The number of hydrogen-bond donors (Lipinski definition) is 0. The third-order valence-corrected chi connectivity index (χ3v) is 2.20. The third kappa shape index (κ3) is 1.41. The SMILES string of the molecule is CCCn1c(=O)cnc2ccccc21. The molecule has 1 aromatic carbocycles. The summed E-state index contributed by atoms with van der Waals surface area (Å²) in [5.41, 5.74) is 1.77. The lowest BCUT2D eigenvalue weighted by atomic mass is 10.3. The van der Waals surface area contributed by atoms with Gasteiger partial charge < -0.3 is 4.57 Å². The summed E-state index contributed by atoms with van der Waals surface area (Å²) in [4.78, 5) is 15.6. The zero-order valence-corrected chi connectivity index (χ0v) is 8.10. The summed E-state index contributed by atoms with van der Waals surface area (Å²) in [5, 5.41) is 0. The van der Waals surface area contributed by atoms with Gasteiger partial charge in [0.15, 0.2) is 0 Å². The molecule has 1 heterocycles. The van der Waals surface area contributed by atoms with Gasteiger partial charge in [-0.3, -0.25) is 4.79 Å². The lowest BCUT2D eigenvalue weighted by Gasteiger charge is -2.06.